The molecule has 2 aromatic rings. The molecule has 0 saturated carbocycles. The fourth-order valence-electron chi connectivity index (χ4n) is 2.73. The van der Waals surface area contributed by atoms with Crippen LogP contribution in [0.1, 0.15) is 27.9 Å². The highest BCUT2D eigenvalue weighted by Crippen LogP contribution is 2.31. The first-order valence-electron chi connectivity index (χ1n) is 8.48. The summed E-state index contributed by atoms with van der Waals surface area (Å²) in [6.45, 7) is -0.0917. The number of phenolic OH excluding ortho intramolecular Hbond substituents is 1. The van der Waals surface area contributed by atoms with E-state index in [9.17, 15) is 19.5 Å². The van der Waals surface area contributed by atoms with Crippen molar-refractivity contribution in [2.24, 2.45) is 0 Å². The number of nitrogens with one attached hydrogen (secondary N) is 1. The molecule has 140 valence electrons. The molecular formula is C20H20N2O5. The number of phenols is 1. The summed E-state index contributed by atoms with van der Waals surface area (Å²) in [5.74, 6) is -0.307. The summed E-state index contributed by atoms with van der Waals surface area (Å²) in [5, 5.41) is 12.9. The molecule has 7 nitrogen and oxygen atoms in total. The molecule has 0 radical (unpaired) electrons. The van der Waals surface area contributed by atoms with Crippen molar-refractivity contribution in [3.63, 3.8) is 0 Å². The van der Waals surface area contributed by atoms with Crippen LogP contribution in [0.2, 0.25) is 0 Å². The van der Waals surface area contributed by atoms with Gasteiger partial charge in [0.15, 0.2) is 12.4 Å². The van der Waals surface area contributed by atoms with Crippen LogP contribution in [0.5, 0.6) is 11.5 Å². The van der Waals surface area contributed by atoms with Crippen LogP contribution in [0.4, 0.5) is 5.69 Å². The highest BCUT2D eigenvalue weighted by atomic mass is 16.5. The molecule has 2 aromatic carbocycles. The van der Waals surface area contributed by atoms with Gasteiger partial charge in [-0.3, -0.25) is 14.4 Å². The molecule has 27 heavy (non-hydrogen) atoms. The van der Waals surface area contributed by atoms with Gasteiger partial charge < -0.3 is 20.1 Å². The van der Waals surface area contributed by atoms with Gasteiger partial charge in [-0.2, -0.15) is 0 Å². The maximum atomic E-state index is 12.7. The van der Waals surface area contributed by atoms with Gasteiger partial charge in [0.1, 0.15) is 11.5 Å². The van der Waals surface area contributed by atoms with Gasteiger partial charge in [0, 0.05) is 31.8 Å². The minimum Gasteiger partial charge on any atom is -0.507 e. The number of amides is 2. The average molecular weight is 368 g/mol. The normalized spacial score (nSPS) is 12.7. The number of ketones is 1. The number of anilines is 1. The summed E-state index contributed by atoms with van der Waals surface area (Å²) in [5.41, 5.74) is 1.83. The van der Waals surface area contributed by atoms with Crippen LogP contribution in [0, 0.1) is 0 Å². The highest BCUT2D eigenvalue weighted by molar-refractivity contribution is 6.12. The molecule has 0 unspecified atom stereocenters. The Morgan fingerprint density at radius 2 is 1.85 bits per heavy atom. The number of fused-ring (bicyclic) bond motifs is 1. The largest absolute Gasteiger partial charge is 0.507 e. The Labute approximate surface area is 156 Å². The maximum Gasteiger partial charge on any atom is 0.259 e. The Morgan fingerprint density at radius 1 is 1.15 bits per heavy atom. The zero-order valence-electron chi connectivity index (χ0n) is 15.1. The van der Waals surface area contributed by atoms with Crippen LogP contribution >= 0.6 is 0 Å². The molecule has 3 rings (SSSR count). The van der Waals surface area contributed by atoms with Gasteiger partial charge in [0.25, 0.3) is 5.91 Å². The zero-order chi connectivity index (χ0) is 19.6. The van der Waals surface area contributed by atoms with Crippen molar-refractivity contribution in [1.29, 1.82) is 0 Å². The van der Waals surface area contributed by atoms with Crippen molar-refractivity contribution in [3.05, 3.63) is 53.1 Å². The number of aryl methyl sites for hydroxylation is 1. The number of carbonyl (C=O) groups excluding carboxylic acids is 3. The number of ether oxygens (including phenoxy) is 1. The second-order valence-corrected chi connectivity index (χ2v) is 6.51. The molecule has 2 N–H and O–H groups in total. The lowest BCUT2D eigenvalue weighted by atomic mass is 9.96. The van der Waals surface area contributed by atoms with E-state index in [1.165, 1.54) is 17.0 Å². The average Bonchev–Trinajstić information content (AvgIpc) is 2.65. The number of hydrogen-bond donors (Lipinski definition) is 2. The Kier molecular flexibility index (Phi) is 5.12. The van der Waals surface area contributed by atoms with E-state index in [2.05, 4.69) is 5.32 Å². The monoisotopic (exact) mass is 368 g/mol. The minimum absolute atomic E-state index is 0.0917. The number of likely N-dealkylation sites (N-methyl/N-ethyl adjacent to an activating group) is 1. The molecule has 0 saturated heterocycles. The van der Waals surface area contributed by atoms with E-state index < -0.39 is 0 Å². The fourth-order valence-corrected chi connectivity index (χ4v) is 2.73. The standard InChI is InChI=1S/C20H20N2O5/c1-22(2)19(25)11-27-14-6-3-12(4-7-14)20(26)15-10-16-13(9-17(15)23)5-8-18(24)21-16/h3-4,6-7,9-10,23H,5,8,11H2,1-2H3,(H,21,24). The van der Waals surface area contributed by atoms with Gasteiger partial charge in [-0.05, 0) is 48.4 Å². The van der Waals surface area contributed by atoms with Crippen LogP contribution in [-0.2, 0) is 16.0 Å². The zero-order valence-corrected chi connectivity index (χ0v) is 15.1. The van der Waals surface area contributed by atoms with Crippen LogP contribution in [0.25, 0.3) is 0 Å². The van der Waals surface area contributed by atoms with Crippen molar-refractivity contribution in [2.45, 2.75) is 12.8 Å². The van der Waals surface area contributed by atoms with Crippen LogP contribution in [0.3, 0.4) is 0 Å². The highest BCUT2D eigenvalue weighted by Gasteiger charge is 2.21. The summed E-state index contributed by atoms with van der Waals surface area (Å²) in [6.07, 6.45) is 0.887. The molecule has 0 fully saturated rings. The van der Waals surface area contributed by atoms with Crippen molar-refractivity contribution < 1.29 is 24.2 Å². The summed E-state index contributed by atoms with van der Waals surface area (Å²) in [4.78, 5) is 37.2. The van der Waals surface area contributed by atoms with Crippen LogP contribution < -0.4 is 10.1 Å². The Hall–Kier alpha value is -3.35. The lowest BCUT2D eigenvalue weighted by Crippen LogP contribution is -2.27. The van der Waals surface area contributed by atoms with Crippen molar-refractivity contribution in [2.75, 3.05) is 26.0 Å². The third-order valence-electron chi connectivity index (χ3n) is 4.34. The SMILES string of the molecule is CN(C)C(=O)COc1ccc(C(=O)c2cc3c(cc2O)CCC(=O)N3)cc1. The third-order valence-corrected chi connectivity index (χ3v) is 4.34. The molecular weight excluding hydrogens is 348 g/mol. The van der Waals surface area contributed by atoms with Gasteiger partial charge >= 0.3 is 0 Å². The lowest BCUT2D eigenvalue weighted by molar-refractivity contribution is -0.130. The predicted molar refractivity (Wildman–Crippen MR) is 99.1 cm³/mol. The van der Waals surface area contributed by atoms with E-state index >= 15 is 0 Å². The quantitative estimate of drug-likeness (QED) is 0.621. The number of aromatic hydroxyl groups is 1. The molecule has 0 spiro atoms. The predicted octanol–water partition coefficient (Wildman–Crippen LogP) is 1.97. The summed E-state index contributed by atoms with van der Waals surface area (Å²) >= 11 is 0. The van der Waals surface area contributed by atoms with E-state index in [4.69, 9.17) is 4.74 Å². The first-order valence-corrected chi connectivity index (χ1v) is 8.48. The van der Waals surface area contributed by atoms with E-state index in [0.717, 1.165) is 5.56 Å². The van der Waals surface area contributed by atoms with E-state index in [1.807, 2.05) is 0 Å². The Balaban J connectivity index is 1.77. The van der Waals surface area contributed by atoms with Gasteiger partial charge in [0.05, 0.1) is 5.56 Å². The number of hydrogen-bond acceptors (Lipinski definition) is 5. The number of nitrogens with zero attached hydrogens (tertiary/aromatic N) is 1. The van der Waals surface area contributed by atoms with E-state index in [1.54, 1.807) is 38.4 Å². The first-order chi connectivity index (χ1) is 12.8. The molecule has 1 aliphatic rings. The molecule has 2 amide bonds. The van der Waals surface area contributed by atoms with E-state index in [0.29, 0.717) is 29.8 Å². The number of rotatable bonds is 5. The summed E-state index contributed by atoms with van der Waals surface area (Å²) in [7, 11) is 3.28. The topological polar surface area (TPSA) is 95.9 Å². The van der Waals surface area contributed by atoms with Crippen molar-refractivity contribution in [3.8, 4) is 11.5 Å². The van der Waals surface area contributed by atoms with Crippen LogP contribution in [0.15, 0.2) is 36.4 Å². The Morgan fingerprint density at radius 3 is 2.52 bits per heavy atom. The molecule has 0 aromatic heterocycles. The smallest absolute Gasteiger partial charge is 0.259 e. The molecule has 1 aliphatic heterocycles. The van der Waals surface area contributed by atoms with Gasteiger partial charge in [-0.1, -0.05) is 0 Å². The summed E-state index contributed by atoms with van der Waals surface area (Å²) in [6, 6.07) is 9.34. The fraction of sp³-hybridized carbons (Fsp3) is 0.250. The molecule has 0 atom stereocenters. The van der Waals surface area contributed by atoms with Gasteiger partial charge in [-0.15, -0.1) is 0 Å². The number of carbonyl (C=O) groups is 3. The summed E-state index contributed by atoms with van der Waals surface area (Å²) < 4.78 is 5.38. The van der Waals surface area contributed by atoms with E-state index in [-0.39, 0.29) is 35.5 Å². The molecule has 0 bridgehead atoms. The van der Waals surface area contributed by atoms with Crippen molar-refractivity contribution in [1.82, 2.24) is 4.90 Å². The minimum atomic E-state index is -0.369. The van der Waals surface area contributed by atoms with Crippen molar-refractivity contribution >= 4 is 23.3 Å². The first kappa shape index (κ1) is 18.4. The molecule has 0 aliphatic carbocycles. The Bertz CT molecular complexity index is 903. The lowest BCUT2D eigenvalue weighted by Gasteiger charge is -2.18. The maximum absolute atomic E-state index is 12.7. The second-order valence-electron chi connectivity index (χ2n) is 6.51. The van der Waals surface area contributed by atoms with Gasteiger partial charge in [-0.25, -0.2) is 0 Å². The van der Waals surface area contributed by atoms with Gasteiger partial charge in [0.2, 0.25) is 5.91 Å². The second kappa shape index (κ2) is 7.49. The molecule has 1 heterocycles. The van der Waals surface area contributed by atoms with Crippen LogP contribution in [-0.4, -0.2) is 48.3 Å². The third kappa shape index (κ3) is 4.08. The molecule has 7 heteroatoms. The number of benzene rings is 2.